The molecule has 0 fully saturated rings. The van der Waals surface area contributed by atoms with Crippen LogP contribution in [-0.2, 0) is 12.3 Å². The molecule has 2 nitrogen and oxygen atoms in total. The molecular formula is C9H16N2S. The minimum Gasteiger partial charge on any atom is -0.333 e. The van der Waals surface area contributed by atoms with Gasteiger partial charge < -0.3 is 4.57 Å². The molecule has 3 heteroatoms. The molecule has 1 aliphatic rings. The van der Waals surface area contributed by atoms with E-state index < -0.39 is 0 Å². The second kappa shape index (κ2) is 4.55. The lowest BCUT2D eigenvalue weighted by Gasteiger charge is -2.11. The van der Waals surface area contributed by atoms with E-state index in [1.807, 2.05) is 25.6 Å². The summed E-state index contributed by atoms with van der Waals surface area (Å²) in [6.07, 6.45) is 2.13. The number of rotatable bonds is 0. The Hall–Kier alpha value is -0.440. The lowest BCUT2D eigenvalue weighted by atomic mass is 10.5. The number of thioether (sulfide) groups is 1. The molecule has 12 heavy (non-hydrogen) atoms. The average Bonchev–Trinajstić information content (AvgIpc) is 2.48. The summed E-state index contributed by atoms with van der Waals surface area (Å²) in [5, 5.41) is 0. The van der Waals surface area contributed by atoms with Crippen LogP contribution in [0.15, 0.2) is 6.20 Å². The van der Waals surface area contributed by atoms with Crippen molar-refractivity contribution in [2.45, 2.75) is 33.1 Å². The maximum absolute atomic E-state index is 4.39. The molecule has 0 unspecified atom stereocenters. The fourth-order valence-electron chi connectivity index (χ4n) is 1.23. The third-order valence-corrected chi connectivity index (χ3v) is 2.62. The van der Waals surface area contributed by atoms with Gasteiger partial charge in [-0.3, -0.25) is 0 Å². The zero-order valence-electron chi connectivity index (χ0n) is 8.00. The van der Waals surface area contributed by atoms with E-state index in [-0.39, 0.29) is 0 Å². The van der Waals surface area contributed by atoms with Gasteiger partial charge in [0.25, 0.3) is 0 Å². The molecule has 0 saturated heterocycles. The summed E-state index contributed by atoms with van der Waals surface area (Å²) in [4.78, 5) is 4.39. The van der Waals surface area contributed by atoms with Crippen LogP contribution < -0.4 is 0 Å². The minimum absolute atomic E-state index is 1.09. The van der Waals surface area contributed by atoms with E-state index in [1.165, 1.54) is 11.6 Å². The number of nitrogens with zero attached hydrogens (tertiary/aromatic N) is 2. The molecule has 0 aromatic carbocycles. The zero-order chi connectivity index (χ0) is 8.97. The minimum atomic E-state index is 1.09. The molecule has 2 heterocycles. The number of imidazole rings is 1. The second-order valence-electron chi connectivity index (χ2n) is 2.54. The SMILES string of the molecule is CC.Cc1cn2c(n1)CSCC2. The maximum Gasteiger partial charge on any atom is 0.119 e. The number of aryl methyl sites for hydroxylation is 2. The standard InChI is InChI=1S/C7H10N2S.C2H6/c1-6-4-9-2-3-10-5-7(9)8-6;1-2/h4H,2-3,5H2,1H3;1-2H3. The highest BCUT2D eigenvalue weighted by atomic mass is 32.2. The number of fused-ring (bicyclic) bond motifs is 1. The summed E-state index contributed by atoms with van der Waals surface area (Å²) in [7, 11) is 0. The summed E-state index contributed by atoms with van der Waals surface area (Å²) in [6.45, 7) is 7.19. The van der Waals surface area contributed by atoms with E-state index in [9.17, 15) is 0 Å². The highest BCUT2D eigenvalue weighted by Gasteiger charge is 2.09. The largest absolute Gasteiger partial charge is 0.333 e. The van der Waals surface area contributed by atoms with Gasteiger partial charge in [0.1, 0.15) is 5.82 Å². The van der Waals surface area contributed by atoms with E-state index in [2.05, 4.69) is 22.7 Å². The predicted molar refractivity (Wildman–Crippen MR) is 54.5 cm³/mol. The molecular weight excluding hydrogens is 168 g/mol. The molecule has 1 aliphatic heterocycles. The van der Waals surface area contributed by atoms with Crippen LogP contribution in [-0.4, -0.2) is 15.3 Å². The predicted octanol–water partition coefficient (Wildman–Crippen LogP) is 2.46. The van der Waals surface area contributed by atoms with Crippen LogP contribution in [0.3, 0.4) is 0 Å². The maximum atomic E-state index is 4.39. The Balaban J connectivity index is 0.000000336. The van der Waals surface area contributed by atoms with Gasteiger partial charge in [-0.2, -0.15) is 11.8 Å². The summed E-state index contributed by atoms with van der Waals surface area (Å²) in [5.74, 6) is 3.57. The lowest BCUT2D eigenvalue weighted by Crippen LogP contribution is -2.09. The Labute approximate surface area is 78.4 Å². The lowest BCUT2D eigenvalue weighted by molar-refractivity contribution is 0.718. The van der Waals surface area contributed by atoms with E-state index >= 15 is 0 Å². The third kappa shape index (κ3) is 2.03. The van der Waals surface area contributed by atoms with Crippen LogP contribution in [0.4, 0.5) is 0 Å². The zero-order valence-corrected chi connectivity index (χ0v) is 8.82. The van der Waals surface area contributed by atoms with Crippen LogP contribution in [0.5, 0.6) is 0 Å². The third-order valence-electron chi connectivity index (χ3n) is 1.69. The smallest absolute Gasteiger partial charge is 0.119 e. The quantitative estimate of drug-likeness (QED) is 0.616. The molecule has 0 bridgehead atoms. The van der Waals surface area contributed by atoms with Crippen LogP contribution in [0.2, 0.25) is 0 Å². The highest BCUT2D eigenvalue weighted by molar-refractivity contribution is 7.98. The van der Waals surface area contributed by atoms with E-state index in [0.29, 0.717) is 0 Å². The number of hydrogen-bond acceptors (Lipinski definition) is 2. The molecule has 1 aromatic heterocycles. The number of hydrogen-bond donors (Lipinski definition) is 0. The molecule has 68 valence electrons. The van der Waals surface area contributed by atoms with Gasteiger partial charge in [-0.05, 0) is 6.92 Å². The van der Waals surface area contributed by atoms with Gasteiger partial charge in [-0.25, -0.2) is 4.98 Å². The van der Waals surface area contributed by atoms with E-state index in [0.717, 1.165) is 18.0 Å². The summed E-state index contributed by atoms with van der Waals surface area (Å²) in [6, 6.07) is 0. The van der Waals surface area contributed by atoms with Gasteiger partial charge in [0.05, 0.1) is 11.4 Å². The van der Waals surface area contributed by atoms with Crippen molar-refractivity contribution in [2.24, 2.45) is 0 Å². The van der Waals surface area contributed by atoms with E-state index in [4.69, 9.17) is 0 Å². The van der Waals surface area contributed by atoms with Gasteiger partial charge in [-0.15, -0.1) is 0 Å². The first-order chi connectivity index (χ1) is 5.86. The normalized spacial score (nSPS) is 14.6. The van der Waals surface area contributed by atoms with Gasteiger partial charge in [0.2, 0.25) is 0 Å². The van der Waals surface area contributed by atoms with Gasteiger partial charge in [0.15, 0.2) is 0 Å². The molecule has 0 radical (unpaired) electrons. The fourth-order valence-corrected chi connectivity index (χ4v) is 2.11. The summed E-state index contributed by atoms with van der Waals surface area (Å²) >= 11 is 1.97. The first-order valence-corrected chi connectivity index (χ1v) is 5.62. The summed E-state index contributed by atoms with van der Waals surface area (Å²) < 4.78 is 2.26. The molecule has 0 amide bonds. The van der Waals surface area contributed by atoms with Crippen LogP contribution in [0, 0.1) is 6.92 Å². The molecule has 0 N–H and O–H groups in total. The Kier molecular flexibility index (Phi) is 3.66. The first kappa shape index (κ1) is 9.65. The van der Waals surface area contributed by atoms with Crippen molar-refractivity contribution < 1.29 is 0 Å². The van der Waals surface area contributed by atoms with Crippen LogP contribution in [0.25, 0.3) is 0 Å². The monoisotopic (exact) mass is 184 g/mol. The Bertz CT molecular complexity index is 219. The number of aromatic nitrogens is 2. The van der Waals surface area contributed by atoms with Crippen molar-refractivity contribution in [3.05, 3.63) is 17.7 Å². The second-order valence-corrected chi connectivity index (χ2v) is 3.65. The topological polar surface area (TPSA) is 17.8 Å². The Morgan fingerprint density at radius 1 is 1.50 bits per heavy atom. The molecule has 0 spiro atoms. The van der Waals surface area contributed by atoms with Crippen molar-refractivity contribution in [2.75, 3.05) is 5.75 Å². The van der Waals surface area contributed by atoms with Crippen LogP contribution in [0.1, 0.15) is 25.4 Å². The van der Waals surface area contributed by atoms with Crippen molar-refractivity contribution >= 4 is 11.8 Å². The van der Waals surface area contributed by atoms with Gasteiger partial charge in [0, 0.05) is 18.5 Å². The van der Waals surface area contributed by atoms with Crippen molar-refractivity contribution in [3.8, 4) is 0 Å². The average molecular weight is 184 g/mol. The molecule has 0 aliphatic carbocycles. The fraction of sp³-hybridized carbons (Fsp3) is 0.667. The van der Waals surface area contributed by atoms with Crippen molar-refractivity contribution in [1.82, 2.24) is 9.55 Å². The molecule has 2 rings (SSSR count). The van der Waals surface area contributed by atoms with Gasteiger partial charge >= 0.3 is 0 Å². The van der Waals surface area contributed by atoms with Gasteiger partial charge in [-0.1, -0.05) is 13.8 Å². The first-order valence-electron chi connectivity index (χ1n) is 4.46. The van der Waals surface area contributed by atoms with E-state index in [1.54, 1.807) is 0 Å². The highest BCUT2D eigenvalue weighted by Crippen LogP contribution is 2.17. The summed E-state index contributed by atoms with van der Waals surface area (Å²) in [5.41, 5.74) is 1.15. The van der Waals surface area contributed by atoms with Crippen molar-refractivity contribution in [3.63, 3.8) is 0 Å². The Morgan fingerprint density at radius 2 is 2.25 bits per heavy atom. The molecule has 1 aromatic rings. The molecule has 0 saturated carbocycles. The Morgan fingerprint density at radius 3 is 2.92 bits per heavy atom. The molecule has 0 atom stereocenters. The van der Waals surface area contributed by atoms with Crippen molar-refractivity contribution in [1.29, 1.82) is 0 Å². The van der Waals surface area contributed by atoms with Crippen LogP contribution >= 0.6 is 11.8 Å².